The van der Waals surface area contributed by atoms with Gasteiger partial charge in [0.2, 0.25) is 5.95 Å². The van der Waals surface area contributed by atoms with Gasteiger partial charge in [0.15, 0.2) is 0 Å². The van der Waals surface area contributed by atoms with Crippen molar-refractivity contribution in [3.8, 4) is 0 Å². The maximum atomic E-state index is 13.8. The fourth-order valence-corrected chi connectivity index (χ4v) is 3.46. The number of fused-ring (bicyclic) bond motifs is 1. The van der Waals surface area contributed by atoms with Gasteiger partial charge in [-0.1, -0.05) is 0 Å². The van der Waals surface area contributed by atoms with E-state index in [2.05, 4.69) is 16.9 Å². The summed E-state index contributed by atoms with van der Waals surface area (Å²) >= 11 is 1.98. The molecule has 1 saturated heterocycles. The highest BCUT2D eigenvalue weighted by Gasteiger charge is 2.20. The molecule has 1 fully saturated rings. The van der Waals surface area contributed by atoms with Crippen LogP contribution in [-0.2, 0) is 6.54 Å². The normalized spacial score (nSPS) is 20.6. The molecule has 1 aromatic carbocycles. The first kappa shape index (κ1) is 14.1. The third-order valence-corrected chi connectivity index (χ3v) is 4.81. The van der Waals surface area contributed by atoms with Gasteiger partial charge >= 0.3 is 0 Å². The number of nitrogen functional groups attached to an aromatic ring is 1. The van der Waals surface area contributed by atoms with Crippen LogP contribution in [-0.4, -0.2) is 34.6 Å². The van der Waals surface area contributed by atoms with Crippen molar-refractivity contribution in [3.63, 3.8) is 0 Å². The summed E-state index contributed by atoms with van der Waals surface area (Å²) in [7, 11) is 2.14. The van der Waals surface area contributed by atoms with Crippen molar-refractivity contribution in [2.24, 2.45) is 5.92 Å². The number of hydrogen-bond acceptors (Lipinski definition) is 3. The van der Waals surface area contributed by atoms with Gasteiger partial charge in [0.05, 0.1) is 14.6 Å². The Hall–Kier alpha value is -0.890. The van der Waals surface area contributed by atoms with Crippen molar-refractivity contribution < 1.29 is 4.39 Å². The molecular formula is C14H18FIN4. The Balaban J connectivity index is 1.94. The molecule has 20 heavy (non-hydrogen) atoms. The van der Waals surface area contributed by atoms with Gasteiger partial charge in [-0.2, -0.15) is 0 Å². The van der Waals surface area contributed by atoms with Gasteiger partial charge in [0, 0.05) is 19.2 Å². The summed E-state index contributed by atoms with van der Waals surface area (Å²) in [5, 5.41) is 0. The number of piperidine rings is 1. The van der Waals surface area contributed by atoms with Gasteiger partial charge in [-0.05, 0) is 61.0 Å². The van der Waals surface area contributed by atoms with Crippen molar-refractivity contribution in [2.75, 3.05) is 25.9 Å². The molecule has 108 valence electrons. The van der Waals surface area contributed by atoms with E-state index in [0.29, 0.717) is 15.4 Å². The monoisotopic (exact) mass is 388 g/mol. The van der Waals surface area contributed by atoms with E-state index in [0.717, 1.165) is 30.7 Å². The number of nitrogens with zero attached hydrogens (tertiary/aromatic N) is 3. The zero-order valence-electron chi connectivity index (χ0n) is 11.4. The summed E-state index contributed by atoms with van der Waals surface area (Å²) in [6.07, 6.45) is 2.40. The first-order valence-corrected chi connectivity index (χ1v) is 7.92. The number of anilines is 1. The van der Waals surface area contributed by atoms with E-state index >= 15 is 0 Å². The molecule has 1 unspecified atom stereocenters. The molecule has 1 atom stereocenters. The van der Waals surface area contributed by atoms with Crippen LogP contribution in [0.15, 0.2) is 12.1 Å². The van der Waals surface area contributed by atoms with Crippen molar-refractivity contribution in [1.29, 1.82) is 0 Å². The number of benzene rings is 1. The Morgan fingerprint density at radius 2 is 2.30 bits per heavy atom. The van der Waals surface area contributed by atoms with Crippen LogP contribution >= 0.6 is 22.6 Å². The minimum atomic E-state index is -0.208. The van der Waals surface area contributed by atoms with Crippen molar-refractivity contribution >= 4 is 39.6 Å². The van der Waals surface area contributed by atoms with Crippen LogP contribution in [0.2, 0.25) is 0 Å². The molecule has 0 spiro atoms. The van der Waals surface area contributed by atoms with Gasteiger partial charge < -0.3 is 15.2 Å². The number of imidazole rings is 1. The summed E-state index contributed by atoms with van der Waals surface area (Å²) in [5.41, 5.74) is 7.59. The van der Waals surface area contributed by atoms with E-state index in [9.17, 15) is 4.39 Å². The van der Waals surface area contributed by atoms with Gasteiger partial charge in [-0.25, -0.2) is 9.37 Å². The van der Waals surface area contributed by atoms with Gasteiger partial charge in [-0.15, -0.1) is 0 Å². The fourth-order valence-electron chi connectivity index (χ4n) is 3.01. The number of aromatic nitrogens is 2. The highest BCUT2D eigenvalue weighted by molar-refractivity contribution is 14.1. The summed E-state index contributed by atoms with van der Waals surface area (Å²) in [5.74, 6) is 0.824. The molecule has 6 heteroatoms. The number of halogens is 2. The summed E-state index contributed by atoms with van der Waals surface area (Å²) < 4.78 is 16.3. The van der Waals surface area contributed by atoms with Crippen LogP contribution in [0.25, 0.3) is 11.0 Å². The third kappa shape index (κ3) is 2.63. The number of likely N-dealkylation sites (tertiary alicyclic amines) is 1. The molecule has 0 saturated carbocycles. The molecule has 0 aliphatic carbocycles. The second-order valence-electron chi connectivity index (χ2n) is 5.61. The Morgan fingerprint density at radius 3 is 3.05 bits per heavy atom. The van der Waals surface area contributed by atoms with E-state index in [1.807, 2.05) is 27.2 Å². The van der Waals surface area contributed by atoms with Crippen molar-refractivity contribution in [1.82, 2.24) is 14.5 Å². The lowest BCUT2D eigenvalue weighted by atomic mass is 9.98. The average molecular weight is 388 g/mol. The largest absolute Gasteiger partial charge is 0.369 e. The predicted molar refractivity (Wildman–Crippen MR) is 87.0 cm³/mol. The lowest BCUT2D eigenvalue weighted by Gasteiger charge is -2.30. The second kappa shape index (κ2) is 5.48. The lowest BCUT2D eigenvalue weighted by molar-refractivity contribution is 0.196. The highest BCUT2D eigenvalue weighted by Crippen LogP contribution is 2.26. The molecule has 1 aliphatic rings. The van der Waals surface area contributed by atoms with Crippen LogP contribution in [0.1, 0.15) is 12.8 Å². The molecular weight excluding hydrogens is 370 g/mol. The van der Waals surface area contributed by atoms with Gasteiger partial charge in [0.25, 0.3) is 0 Å². The number of nitrogens with two attached hydrogens (primary N) is 1. The molecule has 2 N–H and O–H groups in total. The molecule has 0 radical (unpaired) electrons. The molecule has 0 amide bonds. The standard InChI is InChI=1S/C14H18FIN4/c1-19-4-2-3-9(7-19)8-20-13-5-10(15)11(16)6-12(13)18-14(20)17/h5-6,9H,2-4,7-8H2,1H3,(H2,17,18). The van der Waals surface area contributed by atoms with Crippen molar-refractivity contribution in [3.05, 3.63) is 21.5 Å². The molecule has 2 aromatic rings. The Kier molecular flexibility index (Phi) is 3.85. The van der Waals surface area contributed by atoms with Crippen LogP contribution in [0, 0.1) is 15.3 Å². The predicted octanol–water partition coefficient (Wildman–Crippen LogP) is 2.70. The summed E-state index contributed by atoms with van der Waals surface area (Å²) in [4.78, 5) is 6.70. The van der Waals surface area contributed by atoms with Crippen LogP contribution in [0.4, 0.5) is 10.3 Å². The molecule has 1 aliphatic heterocycles. The zero-order chi connectivity index (χ0) is 14.3. The van der Waals surface area contributed by atoms with Crippen molar-refractivity contribution in [2.45, 2.75) is 19.4 Å². The molecule has 2 heterocycles. The summed E-state index contributed by atoms with van der Waals surface area (Å²) in [6.45, 7) is 3.03. The maximum Gasteiger partial charge on any atom is 0.201 e. The van der Waals surface area contributed by atoms with Crippen LogP contribution in [0.5, 0.6) is 0 Å². The third-order valence-electron chi connectivity index (χ3n) is 3.98. The van der Waals surface area contributed by atoms with Gasteiger partial charge in [-0.3, -0.25) is 0 Å². The van der Waals surface area contributed by atoms with E-state index in [1.165, 1.54) is 12.8 Å². The topological polar surface area (TPSA) is 47.1 Å². The second-order valence-corrected chi connectivity index (χ2v) is 6.77. The van der Waals surface area contributed by atoms with E-state index in [1.54, 1.807) is 12.1 Å². The Morgan fingerprint density at radius 1 is 1.50 bits per heavy atom. The zero-order valence-corrected chi connectivity index (χ0v) is 13.6. The Labute approximate surface area is 131 Å². The van der Waals surface area contributed by atoms with Crippen LogP contribution in [0.3, 0.4) is 0 Å². The average Bonchev–Trinajstić information content (AvgIpc) is 2.67. The molecule has 3 rings (SSSR count). The van der Waals surface area contributed by atoms with E-state index in [-0.39, 0.29) is 5.82 Å². The van der Waals surface area contributed by atoms with E-state index < -0.39 is 0 Å². The lowest BCUT2D eigenvalue weighted by Crippen LogP contribution is -2.34. The SMILES string of the molecule is CN1CCCC(Cn2c(N)nc3cc(I)c(F)cc32)C1. The number of rotatable bonds is 2. The quantitative estimate of drug-likeness (QED) is 0.805. The number of hydrogen-bond donors (Lipinski definition) is 1. The maximum absolute atomic E-state index is 13.8. The summed E-state index contributed by atoms with van der Waals surface area (Å²) in [6, 6.07) is 3.30. The van der Waals surface area contributed by atoms with E-state index in [4.69, 9.17) is 5.73 Å². The molecule has 4 nitrogen and oxygen atoms in total. The molecule has 1 aromatic heterocycles. The molecule has 0 bridgehead atoms. The fraction of sp³-hybridized carbons (Fsp3) is 0.500. The first-order chi connectivity index (χ1) is 9.54. The first-order valence-electron chi connectivity index (χ1n) is 6.84. The Bertz CT molecular complexity index is 640. The minimum Gasteiger partial charge on any atom is -0.369 e. The van der Waals surface area contributed by atoms with Gasteiger partial charge in [0.1, 0.15) is 5.82 Å². The smallest absolute Gasteiger partial charge is 0.201 e. The van der Waals surface area contributed by atoms with Crippen LogP contribution < -0.4 is 5.73 Å². The minimum absolute atomic E-state index is 0.208. The highest BCUT2D eigenvalue weighted by atomic mass is 127.